The third kappa shape index (κ3) is 8.80. The number of halogens is 3. The second-order valence-electron chi connectivity index (χ2n) is 16.0. The molecule has 6 aromatic rings. The molecule has 4 aromatic carbocycles. The molecule has 0 spiro atoms. The zero-order valence-corrected chi connectivity index (χ0v) is 35.2. The number of hydrogen-bond donors (Lipinski definition) is 5. The van der Waals surface area contributed by atoms with Gasteiger partial charge in [0.2, 0.25) is 17.8 Å². The molecule has 2 aliphatic rings. The van der Waals surface area contributed by atoms with Gasteiger partial charge in [-0.05, 0) is 59.2 Å². The van der Waals surface area contributed by atoms with Gasteiger partial charge in [-0.15, -0.1) is 0 Å². The van der Waals surface area contributed by atoms with Crippen LogP contribution in [0.15, 0.2) is 90.2 Å². The average Bonchev–Trinajstić information content (AvgIpc) is 3.67. The molecule has 2 aromatic heterocycles. The molecule has 2 amide bonds. The molecule has 1 saturated heterocycles. The number of amides is 2. The number of piperazine rings is 1. The molecule has 0 atom stereocenters. The Bertz CT molecular complexity index is 2810. The number of aromatic amines is 1. The summed E-state index contributed by atoms with van der Waals surface area (Å²) in [6, 6.07) is 20.2. The van der Waals surface area contributed by atoms with Crippen LogP contribution in [0.1, 0.15) is 54.1 Å². The maximum absolute atomic E-state index is 14.6. The van der Waals surface area contributed by atoms with Gasteiger partial charge in [0, 0.05) is 74.9 Å². The summed E-state index contributed by atoms with van der Waals surface area (Å²) >= 11 is 0. The van der Waals surface area contributed by atoms with E-state index in [0.29, 0.717) is 50.7 Å². The van der Waals surface area contributed by atoms with Crippen LogP contribution in [0.4, 0.5) is 30.6 Å². The second-order valence-corrected chi connectivity index (χ2v) is 16.0. The Morgan fingerprint density at radius 2 is 1.70 bits per heavy atom. The second kappa shape index (κ2) is 17.8. The minimum absolute atomic E-state index is 0.0260. The number of aromatic hydroxyl groups is 2. The first-order valence-corrected chi connectivity index (χ1v) is 20.9. The third-order valence-electron chi connectivity index (χ3n) is 11.7. The average molecular weight is 877 g/mol. The van der Waals surface area contributed by atoms with E-state index >= 15 is 0 Å². The Kier molecular flexibility index (Phi) is 12.0. The summed E-state index contributed by atoms with van der Waals surface area (Å²) in [6.07, 6.45) is -2.98. The van der Waals surface area contributed by atoms with Crippen molar-refractivity contribution in [1.29, 1.82) is 0 Å². The molecule has 0 saturated carbocycles. The van der Waals surface area contributed by atoms with Crippen molar-refractivity contribution in [2.75, 3.05) is 54.4 Å². The molecule has 0 bridgehead atoms. The first-order valence-electron chi connectivity index (χ1n) is 20.9. The number of rotatable bonds is 12. The van der Waals surface area contributed by atoms with E-state index in [-0.39, 0.29) is 53.2 Å². The van der Waals surface area contributed by atoms with Gasteiger partial charge >= 0.3 is 11.9 Å². The van der Waals surface area contributed by atoms with E-state index in [9.17, 15) is 37.8 Å². The first kappa shape index (κ1) is 43.3. The van der Waals surface area contributed by atoms with E-state index in [1.165, 1.54) is 24.3 Å². The topological polar surface area (TPSA) is 185 Å². The highest BCUT2D eigenvalue weighted by atomic mass is 19.4. The Hall–Kier alpha value is -7.37. The van der Waals surface area contributed by atoms with E-state index in [1.54, 1.807) is 18.7 Å². The highest BCUT2D eigenvalue weighted by Crippen LogP contribution is 2.39. The molecule has 64 heavy (non-hydrogen) atoms. The molecule has 1 fully saturated rings. The van der Waals surface area contributed by atoms with Crippen molar-refractivity contribution in [1.82, 2.24) is 34.9 Å². The van der Waals surface area contributed by atoms with Crippen LogP contribution in [0.2, 0.25) is 0 Å². The van der Waals surface area contributed by atoms with Crippen molar-refractivity contribution in [3.63, 3.8) is 0 Å². The van der Waals surface area contributed by atoms with Gasteiger partial charge in [0.05, 0.1) is 29.1 Å². The SMILES string of the molecule is C=CC(=O)N1CCN(c2nc(NCCC(=O)NCc3ccc(-n4c(-c5cc(C(C)C)c(O)cc5O)n[nH]c4=O)cc3C(F)(F)F)nc3c2CCN(c2cccc4ccccc24)C3)CC1. The Balaban J connectivity index is 0.980. The molecule has 0 unspecified atom stereocenters. The zero-order valence-electron chi connectivity index (χ0n) is 35.2. The molecular weight excluding hydrogens is 830 g/mol. The minimum Gasteiger partial charge on any atom is -0.508 e. The van der Waals surface area contributed by atoms with Crippen LogP contribution >= 0.6 is 0 Å². The van der Waals surface area contributed by atoms with Gasteiger partial charge in [-0.1, -0.05) is 62.9 Å². The van der Waals surface area contributed by atoms with Crippen LogP contribution in [-0.2, 0) is 35.3 Å². The van der Waals surface area contributed by atoms with Gasteiger partial charge in [-0.3, -0.25) is 9.59 Å². The number of nitrogens with zero attached hydrogens (tertiary/aromatic N) is 7. The Labute approximate surface area is 365 Å². The number of anilines is 3. The first-order chi connectivity index (χ1) is 30.7. The molecule has 15 nitrogen and oxygen atoms in total. The van der Waals surface area contributed by atoms with Crippen LogP contribution in [0.25, 0.3) is 27.8 Å². The number of alkyl halides is 3. The lowest BCUT2D eigenvalue weighted by atomic mass is 9.98. The fourth-order valence-corrected chi connectivity index (χ4v) is 8.35. The van der Waals surface area contributed by atoms with Crippen LogP contribution in [0, 0.1) is 0 Å². The summed E-state index contributed by atoms with van der Waals surface area (Å²) in [5.74, 6) is -0.548. The van der Waals surface area contributed by atoms with Crippen molar-refractivity contribution in [2.24, 2.45) is 0 Å². The third-order valence-corrected chi connectivity index (χ3v) is 11.7. The lowest BCUT2D eigenvalue weighted by molar-refractivity contribution is -0.138. The standard InChI is InChI=1S/C46H47F3N10O5/c1-4-41(63)56-18-20-57(21-19-56)42-32-15-17-58(37-11-7-9-28-8-5-6-10-31(28)37)26-36(32)52-44(53-42)50-16-14-40(62)51-25-29-12-13-30(22-35(29)46(47,48)49)59-43(54-55-45(59)64)34-23-33(27(2)3)38(60)24-39(34)61/h4-13,22-24,27,60-61H,1,14-21,25-26H2,2-3H3,(H,51,62)(H,55,64)(H,50,52,53). The number of benzene rings is 4. The van der Waals surface area contributed by atoms with Gasteiger partial charge < -0.3 is 35.5 Å². The van der Waals surface area contributed by atoms with Crippen molar-refractivity contribution >= 4 is 40.0 Å². The number of aromatic nitrogens is 5. The van der Waals surface area contributed by atoms with Crippen molar-refractivity contribution in [3.05, 3.63) is 124 Å². The summed E-state index contributed by atoms with van der Waals surface area (Å²) in [7, 11) is 0. The summed E-state index contributed by atoms with van der Waals surface area (Å²) < 4.78 is 44.6. The number of carbonyl (C=O) groups is 2. The van der Waals surface area contributed by atoms with E-state index in [4.69, 9.17) is 9.97 Å². The van der Waals surface area contributed by atoms with Gasteiger partial charge in [0.15, 0.2) is 5.82 Å². The lowest BCUT2D eigenvalue weighted by Gasteiger charge is -2.38. The quantitative estimate of drug-likeness (QED) is 0.0878. The van der Waals surface area contributed by atoms with Gasteiger partial charge in [-0.25, -0.2) is 19.4 Å². The van der Waals surface area contributed by atoms with Crippen LogP contribution < -0.4 is 26.1 Å². The molecule has 0 radical (unpaired) electrons. The van der Waals surface area contributed by atoms with Gasteiger partial charge in [0.1, 0.15) is 17.3 Å². The molecule has 8 rings (SSSR count). The van der Waals surface area contributed by atoms with Crippen molar-refractivity contribution in [3.8, 4) is 28.6 Å². The summed E-state index contributed by atoms with van der Waals surface area (Å²) in [5, 5.41) is 35.2. The van der Waals surface area contributed by atoms with E-state index < -0.39 is 35.6 Å². The number of carbonyl (C=O) groups excluding carboxylic acids is 2. The molecular formula is C46H47F3N10O5. The number of H-pyrrole nitrogens is 1. The monoisotopic (exact) mass is 876 g/mol. The highest BCUT2D eigenvalue weighted by molar-refractivity contribution is 5.94. The number of nitrogens with one attached hydrogen (secondary N) is 3. The molecule has 2 aliphatic heterocycles. The normalized spacial score (nSPS) is 14.2. The molecule has 18 heteroatoms. The van der Waals surface area contributed by atoms with E-state index in [0.717, 1.165) is 56.8 Å². The van der Waals surface area contributed by atoms with Crippen LogP contribution in [0.5, 0.6) is 11.5 Å². The number of hydrogen-bond acceptors (Lipinski definition) is 11. The zero-order chi connectivity index (χ0) is 45.3. The fourth-order valence-electron chi connectivity index (χ4n) is 8.35. The summed E-state index contributed by atoms with van der Waals surface area (Å²) in [4.78, 5) is 54.4. The fraction of sp³-hybridized carbons (Fsp3) is 0.304. The van der Waals surface area contributed by atoms with E-state index in [2.05, 4.69) is 61.5 Å². The van der Waals surface area contributed by atoms with Crippen LogP contribution in [0.3, 0.4) is 0 Å². The van der Waals surface area contributed by atoms with Crippen molar-refractivity contribution in [2.45, 2.75) is 51.9 Å². The minimum atomic E-state index is -4.87. The molecule has 4 heterocycles. The van der Waals surface area contributed by atoms with Gasteiger partial charge in [0.25, 0.3) is 0 Å². The van der Waals surface area contributed by atoms with Crippen LogP contribution in [-0.4, -0.2) is 90.9 Å². The molecule has 5 N–H and O–H groups in total. The predicted octanol–water partition coefficient (Wildman–Crippen LogP) is 6.24. The van der Waals surface area contributed by atoms with Gasteiger partial charge in [-0.2, -0.15) is 23.3 Å². The lowest BCUT2D eigenvalue weighted by Crippen LogP contribution is -2.49. The van der Waals surface area contributed by atoms with Crippen molar-refractivity contribution < 1.29 is 33.0 Å². The van der Waals surface area contributed by atoms with E-state index in [1.807, 2.05) is 18.2 Å². The number of phenolic OH excluding ortho intramolecular Hbond substituents is 2. The number of phenols is 2. The Morgan fingerprint density at radius 3 is 2.45 bits per heavy atom. The maximum Gasteiger partial charge on any atom is 0.416 e. The smallest absolute Gasteiger partial charge is 0.416 e. The largest absolute Gasteiger partial charge is 0.508 e. The summed E-state index contributed by atoms with van der Waals surface area (Å²) in [5.41, 5.74) is 1.04. The highest BCUT2D eigenvalue weighted by Gasteiger charge is 2.35. The predicted molar refractivity (Wildman–Crippen MR) is 237 cm³/mol. The Morgan fingerprint density at radius 1 is 0.938 bits per heavy atom. The molecule has 332 valence electrons. The maximum atomic E-state index is 14.6. The number of fused-ring (bicyclic) bond motifs is 2. The molecule has 0 aliphatic carbocycles. The summed E-state index contributed by atoms with van der Waals surface area (Å²) in [6.45, 7) is 10.2.